The standard InChI is InChI=1S/C31H37N3O4S/c1-21-8-5-6-9-26(21)29-27-11-17-39-28(27)10-14-34(29)22(2)30(35)32-12-7-13-33(16-15-32)31(36)23-18-24(37-3)20-25(19-23)38-4/h5-6,8-9,11,17-20,22,29H,7,10,12-16H2,1-4H3/t22-,29+/m1/s1. The van der Waals surface area contributed by atoms with Crippen molar-refractivity contribution in [3.63, 3.8) is 0 Å². The number of hydrogen-bond donors (Lipinski definition) is 0. The highest BCUT2D eigenvalue weighted by molar-refractivity contribution is 7.10. The van der Waals surface area contributed by atoms with Gasteiger partial charge in [-0.15, -0.1) is 11.3 Å². The van der Waals surface area contributed by atoms with E-state index in [2.05, 4.69) is 47.5 Å². The summed E-state index contributed by atoms with van der Waals surface area (Å²) in [4.78, 5) is 34.9. The number of ether oxygens (including phenoxy) is 2. The first kappa shape index (κ1) is 27.2. The first-order valence-electron chi connectivity index (χ1n) is 13.6. The van der Waals surface area contributed by atoms with Gasteiger partial charge in [0.2, 0.25) is 5.91 Å². The molecule has 5 rings (SSSR count). The molecule has 0 saturated carbocycles. The smallest absolute Gasteiger partial charge is 0.254 e. The molecule has 7 nitrogen and oxygen atoms in total. The van der Waals surface area contributed by atoms with E-state index >= 15 is 0 Å². The van der Waals surface area contributed by atoms with Crippen LogP contribution in [0, 0.1) is 6.92 Å². The number of methoxy groups -OCH3 is 2. The highest BCUT2D eigenvalue weighted by Crippen LogP contribution is 2.40. The number of aryl methyl sites for hydroxylation is 1. The largest absolute Gasteiger partial charge is 0.497 e. The Hall–Kier alpha value is -3.36. The molecule has 2 aliphatic rings. The van der Waals surface area contributed by atoms with Gasteiger partial charge in [-0.1, -0.05) is 24.3 Å². The maximum Gasteiger partial charge on any atom is 0.254 e. The van der Waals surface area contributed by atoms with Crippen molar-refractivity contribution < 1.29 is 19.1 Å². The minimum absolute atomic E-state index is 0.0632. The molecule has 3 heterocycles. The number of carbonyl (C=O) groups is 2. The van der Waals surface area contributed by atoms with E-state index in [-0.39, 0.29) is 23.9 Å². The molecule has 0 spiro atoms. The number of amides is 2. The Morgan fingerprint density at radius 2 is 1.59 bits per heavy atom. The average molecular weight is 548 g/mol. The lowest BCUT2D eigenvalue weighted by Crippen LogP contribution is -2.51. The van der Waals surface area contributed by atoms with Crippen molar-refractivity contribution >= 4 is 23.2 Å². The molecule has 0 aliphatic carbocycles. The second kappa shape index (κ2) is 11.8. The van der Waals surface area contributed by atoms with Gasteiger partial charge in [-0.05, 0) is 67.0 Å². The van der Waals surface area contributed by atoms with E-state index in [1.165, 1.54) is 21.6 Å². The van der Waals surface area contributed by atoms with Crippen molar-refractivity contribution in [2.24, 2.45) is 0 Å². The fourth-order valence-corrected chi connectivity index (χ4v) is 6.76. The molecular formula is C31H37N3O4S. The zero-order chi connectivity index (χ0) is 27.5. The molecule has 8 heteroatoms. The van der Waals surface area contributed by atoms with Gasteiger partial charge in [-0.25, -0.2) is 0 Å². The maximum atomic E-state index is 13.9. The lowest BCUT2D eigenvalue weighted by molar-refractivity contribution is -0.137. The summed E-state index contributed by atoms with van der Waals surface area (Å²) in [7, 11) is 3.15. The van der Waals surface area contributed by atoms with E-state index in [1.807, 2.05) is 28.1 Å². The SMILES string of the molecule is COc1cc(OC)cc(C(=O)N2CCCN(C(=O)[C@@H](C)N3CCc4sccc4[C@@H]3c3ccccc3C)CC2)c1. The highest BCUT2D eigenvalue weighted by Gasteiger charge is 2.37. The number of fused-ring (bicyclic) bond motifs is 1. The van der Waals surface area contributed by atoms with Crippen LogP contribution in [0.5, 0.6) is 11.5 Å². The summed E-state index contributed by atoms with van der Waals surface area (Å²) >= 11 is 1.81. The Labute approximate surface area is 234 Å². The Morgan fingerprint density at radius 1 is 0.897 bits per heavy atom. The van der Waals surface area contributed by atoms with E-state index in [4.69, 9.17) is 9.47 Å². The molecular weight excluding hydrogens is 510 g/mol. The quantitative estimate of drug-likeness (QED) is 0.444. The van der Waals surface area contributed by atoms with Gasteiger partial charge in [0.25, 0.3) is 5.91 Å². The topological polar surface area (TPSA) is 62.3 Å². The van der Waals surface area contributed by atoms with Gasteiger partial charge in [0, 0.05) is 49.2 Å². The summed E-state index contributed by atoms with van der Waals surface area (Å²) in [5.74, 6) is 1.22. The third-order valence-corrected chi connectivity index (χ3v) is 9.03. The lowest BCUT2D eigenvalue weighted by atomic mass is 9.89. The minimum Gasteiger partial charge on any atom is -0.497 e. The van der Waals surface area contributed by atoms with Gasteiger partial charge in [-0.2, -0.15) is 0 Å². The molecule has 206 valence electrons. The van der Waals surface area contributed by atoms with Crippen LogP contribution < -0.4 is 9.47 Å². The fourth-order valence-electron chi connectivity index (χ4n) is 5.85. The summed E-state index contributed by atoms with van der Waals surface area (Å²) in [6, 6.07) is 15.8. The zero-order valence-corrected chi connectivity index (χ0v) is 24.0. The van der Waals surface area contributed by atoms with Crippen LogP contribution in [0.2, 0.25) is 0 Å². The Balaban J connectivity index is 1.31. The Morgan fingerprint density at radius 3 is 2.31 bits per heavy atom. The third kappa shape index (κ3) is 5.54. The molecule has 2 atom stereocenters. The van der Waals surface area contributed by atoms with E-state index in [0.29, 0.717) is 43.2 Å². The highest BCUT2D eigenvalue weighted by atomic mass is 32.1. The zero-order valence-electron chi connectivity index (χ0n) is 23.2. The van der Waals surface area contributed by atoms with Crippen LogP contribution in [0.15, 0.2) is 53.9 Å². The molecule has 3 aromatic rings. The Kier molecular flexibility index (Phi) is 8.23. The fraction of sp³-hybridized carbons (Fsp3) is 0.419. The summed E-state index contributed by atoms with van der Waals surface area (Å²) in [6.45, 7) is 7.29. The number of thiophene rings is 1. The summed E-state index contributed by atoms with van der Waals surface area (Å²) in [5, 5.41) is 2.17. The predicted octanol–water partition coefficient (Wildman–Crippen LogP) is 4.78. The van der Waals surface area contributed by atoms with Gasteiger partial charge in [0.05, 0.1) is 26.3 Å². The van der Waals surface area contributed by atoms with Gasteiger partial charge >= 0.3 is 0 Å². The normalized spacial score (nSPS) is 18.7. The molecule has 1 aromatic heterocycles. The van der Waals surface area contributed by atoms with E-state index in [9.17, 15) is 9.59 Å². The predicted molar refractivity (Wildman–Crippen MR) is 154 cm³/mol. The average Bonchev–Trinajstić information content (AvgIpc) is 3.32. The summed E-state index contributed by atoms with van der Waals surface area (Å²) < 4.78 is 10.7. The van der Waals surface area contributed by atoms with E-state index in [1.54, 1.807) is 32.4 Å². The minimum atomic E-state index is -0.271. The molecule has 2 aliphatic heterocycles. The van der Waals surface area contributed by atoms with Crippen molar-refractivity contribution in [3.8, 4) is 11.5 Å². The second-order valence-electron chi connectivity index (χ2n) is 10.3. The molecule has 0 N–H and O–H groups in total. The third-order valence-electron chi connectivity index (χ3n) is 8.03. The van der Waals surface area contributed by atoms with Crippen molar-refractivity contribution in [1.29, 1.82) is 0 Å². The number of benzene rings is 2. The molecule has 39 heavy (non-hydrogen) atoms. The van der Waals surface area contributed by atoms with Crippen LogP contribution in [-0.4, -0.2) is 79.5 Å². The van der Waals surface area contributed by atoms with Gasteiger partial charge < -0.3 is 19.3 Å². The number of nitrogens with zero attached hydrogens (tertiary/aromatic N) is 3. The second-order valence-corrected chi connectivity index (χ2v) is 11.3. The molecule has 1 fully saturated rings. The first-order valence-corrected chi connectivity index (χ1v) is 14.5. The first-order chi connectivity index (χ1) is 18.9. The maximum absolute atomic E-state index is 13.9. The van der Waals surface area contributed by atoms with Crippen LogP contribution >= 0.6 is 11.3 Å². The molecule has 2 aromatic carbocycles. The number of rotatable bonds is 6. The van der Waals surface area contributed by atoms with Crippen LogP contribution in [0.25, 0.3) is 0 Å². The van der Waals surface area contributed by atoms with Crippen LogP contribution in [0.4, 0.5) is 0 Å². The Bertz CT molecular complexity index is 1320. The van der Waals surface area contributed by atoms with Crippen molar-refractivity contribution in [1.82, 2.24) is 14.7 Å². The van der Waals surface area contributed by atoms with Gasteiger partial charge in [0.15, 0.2) is 0 Å². The lowest BCUT2D eigenvalue weighted by Gasteiger charge is -2.41. The summed E-state index contributed by atoms with van der Waals surface area (Å²) in [5.41, 5.74) is 4.35. The van der Waals surface area contributed by atoms with E-state index in [0.717, 1.165) is 19.4 Å². The molecule has 1 saturated heterocycles. The summed E-state index contributed by atoms with van der Waals surface area (Å²) in [6.07, 6.45) is 1.69. The number of carbonyl (C=O) groups excluding carboxylic acids is 2. The molecule has 0 radical (unpaired) electrons. The van der Waals surface area contributed by atoms with Crippen molar-refractivity contribution in [3.05, 3.63) is 81.0 Å². The van der Waals surface area contributed by atoms with E-state index < -0.39 is 0 Å². The monoisotopic (exact) mass is 547 g/mol. The molecule has 0 bridgehead atoms. The van der Waals surface area contributed by atoms with Crippen LogP contribution in [0.1, 0.15) is 51.3 Å². The van der Waals surface area contributed by atoms with Crippen LogP contribution in [0.3, 0.4) is 0 Å². The number of hydrogen-bond acceptors (Lipinski definition) is 6. The van der Waals surface area contributed by atoms with Gasteiger partial charge in [-0.3, -0.25) is 14.5 Å². The van der Waals surface area contributed by atoms with Crippen molar-refractivity contribution in [2.45, 2.75) is 38.8 Å². The van der Waals surface area contributed by atoms with Crippen LogP contribution in [-0.2, 0) is 11.2 Å². The molecule has 2 amide bonds. The van der Waals surface area contributed by atoms with Crippen molar-refractivity contribution in [2.75, 3.05) is 46.9 Å². The van der Waals surface area contributed by atoms with Gasteiger partial charge in [0.1, 0.15) is 11.5 Å². The molecule has 0 unspecified atom stereocenters.